The SMILES string of the molecule is c1ccc(-c2cnc(N3CCN4CCC[C@@H]4C3)nc2-c2cccs2)nc1. The molecule has 26 heavy (non-hydrogen) atoms. The molecule has 0 radical (unpaired) electrons. The maximum atomic E-state index is 5.00. The van der Waals surface area contributed by atoms with Crippen molar-refractivity contribution in [2.45, 2.75) is 18.9 Å². The number of piperazine rings is 1. The second kappa shape index (κ2) is 6.78. The highest BCUT2D eigenvalue weighted by molar-refractivity contribution is 7.13. The lowest BCUT2D eigenvalue weighted by molar-refractivity contribution is 0.229. The zero-order chi connectivity index (χ0) is 17.3. The van der Waals surface area contributed by atoms with Crippen molar-refractivity contribution >= 4 is 17.3 Å². The molecular formula is C20H21N5S. The summed E-state index contributed by atoms with van der Waals surface area (Å²) in [6.45, 7) is 4.40. The minimum atomic E-state index is 0.660. The third-order valence-electron chi connectivity index (χ3n) is 5.34. The first-order chi connectivity index (χ1) is 12.9. The molecule has 0 N–H and O–H groups in total. The van der Waals surface area contributed by atoms with Crippen molar-refractivity contribution in [1.29, 1.82) is 0 Å². The number of rotatable bonds is 3. The molecule has 5 nitrogen and oxygen atoms in total. The Hall–Kier alpha value is -2.31. The summed E-state index contributed by atoms with van der Waals surface area (Å²) in [5.41, 5.74) is 2.90. The van der Waals surface area contributed by atoms with Crippen LogP contribution < -0.4 is 4.90 Å². The molecule has 5 rings (SSSR count). The third-order valence-corrected chi connectivity index (χ3v) is 6.22. The lowest BCUT2D eigenvalue weighted by atomic mass is 10.1. The Morgan fingerprint density at radius 2 is 2.04 bits per heavy atom. The monoisotopic (exact) mass is 363 g/mol. The van der Waals surface area contributed by atoms with Gasteiger partial charge in [-0.25, -0.2) is 9.97 Å². The van der Waals surface area contributed by atoms with E-state index in [1.807, 2.05) is 30.6 Å². The maximum absolute atomic E-state index is 5.00. The van der Waals surface area contributed by atoms with E-state index < -0.39 is 0 Å². The van der Waals surface area contributed by atoms with Crippen LogP contribution in [0.5, 0.6) is 0 Å². The van der Waals surface area contributed by atoms with Gasteiger partial charge in [-0.2, -0.15) is 0 Å². The summed E-state index contributed by atoms with van der Waals surface area (Å²) >= 11 is 1.71. The molecule has 0 aliphatic carbocycles. The summed E-state index contributed by atoms with van der Waals surface area (Å²) < 4.78 is 0. The average molecular weight is 363 g/mol. The molecule has 3 aromatic heterocycles. The van der Waals surface area contributed by atoms with Crippen molar-refractivity contribution in [2.24, 2.45) is 0 Å². The van der Waals surface area contributed by atoms with Gasteiger partial charge in [-0.1, -0.05) is 12.1 Å². The number of hydrogen-bond donors (Lipinski definition) is 0. The zero-order valence-corrected chi connectivity index (χ0v) is 15.4. The van der Waals surface area contributed by atoms with Crippen molar-refractivity contribution in [3.8, 4) is 21.8 Å². The fourth-order valence-corrected chi connectivity index (χ4v) is 4.74. The molecule has 2 fully saturated rings. The lowest BCUT2D eigenvalue weighted by Gasteiger charge is -2.37. The molecule has 0 bridgehead atoms. The Morgan fingerprint density at radius 1 is 1.04 bits per heavy atom. The molecular weight excluding hydrogens is 342 g/mol. The highest BCUT2D eigenvalue weighted by Crippen LogP contribution is 2.33. The van der Waals surface area contributed by atoms with Crippen LogP contribution in [-0.2, 0) is 0 Å². The van der Waals surface area contributed by atoms with Crippen molar-refractivity contribution in [2.75, 3.05) is 31.1 Å². The minimum Gasteiger partial charge on any atom is -0.338 e. The summed E-state index contributed by atoms with van der Waals surface area (Å²) in [6, 6.07) is 10.8. The molecule has 0 saturated carbocycles. The number of nitrogens with zero attached hydrogens (tertiary/aromatic N) is 5. The maximum Gasteiger partial charge on any atom is 0.226 e. The molecule has 0 aromatic carbocycles. The van der Waals surface area contributed by atoms with Crippen molar-refractivity contribution in [1.82, 2.24) is 19.9 Å². The molecule has 0 amide bonds. The van der Waals surface area contributed by atoms with Gasteiger partial charge in [0.05, 0.1) is 16.3 Å². The van der Waals surface area contributed by atoms with Crippen LogP contribution in [0.15, 0.2) is 48.1 Å². The summed E-state index contributed by atoms with van der Waals surface area (Å²) in [5, 5.41) is 2.09. The van der Waals surface area contributed by atoms with Gasteiger partial charge in [0.25, 0.3) is 0 Å². The molecule has 2 aliphatic heterocycles. The average Bonchev–Trinajstić information content (AvgIpc) is 3.39. The Morgan fingerprint density at radius 3 is 2.88 bits per heavy atom. The zero-order valence-electron chi connectivity index (χ0n) is 14.6. The van der Waals surface area contributed by atoms with E-state index in [9.17, 15) is 0 Å². The predicted octanol–water partition coefficient (Wildman–Crippen LogP) is 3.55. The molecule has 2 aliphatic rings. The van der Waals surface area contributed by atoms with E-state index >= 15 is 0 Å². The van der Waals surface area contributed by atoms with E-state index in [0.29, 0.717) is 6.04 Å². The Bertz CT molecular complexity index is 880. The topological polar surface area (TPSA) is 45.2 Å². The molecule has 0 unspecified atom stereocenters. The first-order valence-electron chi connectivity index (χ1n) is 9.20. The first kappa shape index (κ1) is 15.9. The lowest BCUT2D eigenvalue weighted by Crippen LogP contribution is -2.50. The van der Waals surface area contributed by atoms with Gasteiger partial charge in [-0.3, -0.25) is 9.88 Å². The van der Waals surface area contributed by atoms with E-state index in [1.165, 1.54) is 19.4 Å². The standard InChI is InChI=1S/C20H21N5S/c1-2-8-21-17(6-1)16-13-22-20(23-19(16)18-7-4-12-26-18)25-11-10-24-9-3-5-15(24)14-25/h1-2,4,6-8,12-13,15H,3,5,9-11,14H2/t15-/m1/s1. The molecule has 5 heterocycles. The van der Waals surface area contributed by atoms with Gasteiger partial charge in [-0.05, 0) is 43.0 Å². The van der Waals surface area contributed by atoms with E-state index in [-0.39, 0.29) is 0 Å². The minimum absolute atomic E-state index is 0.660. The van der Waals surface area contributed by atoms with Crippen molar-refractivity contribution in [3.05, 3.63) is 48.1 Å². The highest BCUT2D eigenvalue weighted by Gasteiger charge is 2.31. The summed E-state index contributed by atoms with van der Waals surface area (Å²) in [5.74, 6) is 0.847. The third kappa shape index (κ3) is 2.89. The number of hydrogen-bond acceptors (Lipinski definition) is 6. The van der Waals surface area contributed by atoms with Gasteiger partial charge >= 0.3 is 0 Å². The van der Waals surface area contributed by atoms with Crippen molar-refractivity contribution in [3.63, 3.8) is 0 Å². The van der Waals surface area contributed by atoms with Crippen LogP contribution in [0.2, 0.25) is 0 Å². The van der Waals surface area contributed by atoms with Gasteiger partial charge in [0.15, 0.2) is 0 Å². The number of thiophene rings is 1. The number of aromatic nitrogens is 3. The highest BCUT2D eigenvalue weighted by atomic mass is 32.1. The van der Waals surface area contributed by atoms with E-state index in [1.54, 1.807) is 11.3 Å². The normalized spacial score (nSPS) is 20.3. The molecule has 6 heteroatoms. The number of anilines is 1. The van der Waals surface area contributed by atoms with Crippen LogP contribution in [0.4, 0.5) is 5.95 Å². The predicted molar refractivity (Wildman–Crippen MR) is 105 cm³/mol. The van der Waals surface area contributed by atoms with Gasteiger partial charge < -0.3 is 4.90 Å². The molecule has 2 saturated heterocycles. The van der Waals surface area contributed by atoms with Gasteiger partial charge in [0, 0.05) is 43.6 Å². The van der Waals surface area contributed by atoms with E-state index in [4.69, 9.17) is 9.97 Å². The van der Waals surface area contributed by atoms with Crippen LogP contribution in [0, 0.1) is 0 Å². The summed E-state index contributed by atoms with van der Waals surface area (Å²) in [7, 11) is 0. The van der Waals surface area contributed by atoms with Crippen LogP contribution >= 0.6 is 11.3 Å². The fourth-order valence-electron chi connectivity index (χ4n) is 4.01. The second-order valence-electron chi connectivity index (χ2n) is 6.90. The van der Waals surface area contributed by atoms with Crippen LogP contribution in [0.3, 0.4) is 0 Å². The smallest absolute Gasteiger partial charge is 0.226 e. The summed E-state index contributed by atoms with van der Waals surface area (Å²) in [4.78, 5) is 20.4. The van der Waals surface area contributed by atoms with E-state index in [0.717, 1.165) is 47.4 Å². The van der Waals surface area contributed by atoms with E-state index in [2.05, 4.69) is 32.3 Å². The second-order valence-corrected chi connectivity index (χ2v) is 7.85. The molecule has 3 aromatic rings. The van der Waals surface area contributed by atoms with Crippen LogP contribution in [0.25, 0.3) is 21.8 Å². The Labute approximate surface area is 157 Å². The summed E-state index contributed by atoms with van der Waals surface area (Å²) in [6.07, 6.45) is 6.38. The number of pyridine rings is 1. The molecule has 0 spiro atoms. The molecule has 1 atom stereocenters. The van der Waals surface area contributed by atoms with Gasteiger partial charge in [0.1, 0.15) is 0 Å². The van der Waals surface area contributed by atoms with Crippen LogP contribution in [0.1, 0.15) is 12.8 Å². The fraction of sp³-hybridized carbons (Fsp3) is 0.350. The Balaban J connectivity index is 1.53. The largest absolute Gasteiger partial charge is 0.338 e. The van der Waals surface area contributed by atoms with Gasteiger partial charge in [-0.15, -0.1) is 11.3 Å². The first-order valence-corrected chi connectivity index (χ1v) is 10.1. The Kier molecular flexibility index (Phi) is 4.15. The quantitative estimate of drug-likeness (QED) is 0.712. The molecule has 132 valence electrons. The number of fused-ring (bicyclic) bond motifs is 1. The van der Waals surface area contributed by atoms with Crippen LogP contribution in [-0.4, -0.2) is 52.1 Å². The van der Waals surface area contributed by atoms with Crippen molar-refractivity contribution < 1.29 is 0 Å². The van der Waals surface area contributed by atoms with Gasteiger partial charge in [0.2, 0.25) is 5.95 Å².